The molecule has 8 heteroatoms. The molecule has 23 heavy (non-hydrogen) atoms. The third kappa shape index (κ3) is 4.84. The summed E-state index contributed by atoms with van der Waals surface area (Å²) in [6, 6.07) is 4.53. The van der Waals surface area contributed by atoms with E-state index in [1.807, 2.05) is 47.0 Å². The molecule has 0 amide bonds. The zero-order chi connectivity index (χ0) is 16.1. The number of rotatable bonds is 6. The van der Waals surface area contributed by atoms with Crippen molar-refractivity contribution in [1.82, 2.24) is 0 Å². The molecular weight excluding hydrogens is 494 g/mol. The summed E-state index contributed by atoms with van der Waals surface area (Å²) in [4.78, 5) is 3.22. The van der Waals surface area contributed by atoms with E-state index in [0.717, 1.165) is 10.6 Å². The van der Waals surface area contributed by atoms with Crippen molar-refractivity contribution >= 4 is 77.0 Å². The zero-order valence-corrected chi connectivity index (χ0v) is 19.0. The van der Waals surface area contributed by atoms with Crippen LogP contribution in [0.15, 0.2) is 25.9 Å². The van der Waals surface area contributed by atoms with Crippen LogP contribution in [-0.4, -0.2) is 29.9 Å². The van der Waals surface area contributed by atoms with Crippen molar-refractivity contribution in [3.8, 4) is 12.1 Å². The van der Waals surface area contributed by atoms with Gasteiger partial charge in [0.2, 0.25) is 0 Å². The van der Waals surface area contributed by atoms with E-state index < -0.39 is 0 Å². The normalized spacial score (nSPS) is 20.3. The van der Waals surface area contributed by atoms with Gasteiger partial charge >= 0.3 is 168 Å². The van der Waals surface area contributed by atoms with Gasteiger partial charge < -0.3 is 0 Å². The molecule has 0 aromatic rings. The summed E-state index contributed by atoms with van der Waals surface area (Å²) in [5.74, 6) is 0. The van der Waals surface area contributed by atoms with E-state index in [2.05, 4.69) is 12.1 Å². The Morgan fingerprint density at radius 3 is 1.74 bits per heavy atom. The molecule has 0 bridgehead atoms. The topological polar surface area (TPSA) is 47.6 Å². The monoisotopic (exact) mass is 510 g/mol. The Bertz CT molecular complexity index is 618. The predicted molar refractivity (Wildman–Crippen MR) is 107 cm³/mol. The van der Waals surface area contributed by atoms with Crippen LogP contribution in [-0.2, 0) is 0 Å². The molecule has 0 radical (unpaired) electrons. The molecule has 0 spiro atoms. The van der Waals surface area contributed by atoms with Crippen LogP contribution in [0.2, 0.25) is 10.6 Å². The molecule has 3 aliphatic rings. The van der Waals surface area contributed by atoms with E-state index in [0.29, 0.717) is 42.8 Å². The van der Waals surface area contributed by atoms with Crippen molar-refractivity contribution in [2.45, 2.75) is 42.7 Å². The molecule has 2 heterocycles. The van der Waals surface area contributed by atoms with E-state index in [-0.39, 0.29) is 0 Å². The summed E-state index contributed by atoms with van der Waals surface area (Å²) in [7, 11) is 0. The molecule has 3 rings (SSSR count). The van der Waals surface area contributed by atoms with Crippen LogP contribution >= 0.6 is 47.0 Å². The van der Waals surface area contributed by atoms with Gasteiger partial charge in [0.25, 0.3) is 0 Å². The number of hydrogen-bond acceptors (Lipinski definition) is 6. The Morgan fingerprint density at radius 2 is 1.26 bits per heavy atom. The van der Waals surface area contributed by atoms with Gasteiger partial charge in [-0.05, 0) is 0 Å². The van der Waals surface area contributed by atoms with Crippen LogP contribution in [0.4, 0.5) is 0 Å². The predicted octanol–water partition coefficient (Wildman–Crippen LogP) is 5.67. The maximum atomic E-state index is 8.77. The third-order valence-corrected chi connectivity index (χ3v) is 15.8. The first-order valence-corrected chi connectivity index (χ1v) is 14.6. The van der Waals surface area contributed by atoms with Gasteiger partial charge in [-0.25, -0.2) is 0 Å². The van der Waals surface area contributed by atoms with Crippen molar-refractivity contribution in [2.24, 2.45) is 0 Å². The minimum absolute atomic E-state index is 0.420. The molecule has 2 nitrogen and oxygen atoms in total. The molecule has 0 unspecified atom stereocenters. The molecule has 0 atom stereocenters. The minimum atomic E-state index is 0.420. The first kappa shape index (κ1) is 18.4. The SMILES string of the molecule is N#CCC[Se]C1=C([Se]CCC#N)SC(=C2SC3=C(CCC3)S2)S1. The van der Waals surface area contributed by atoms with E-state index in [1.165, 1.54) is 35.3 Å². The second kappa shape index (κ2) is 9.37. The Hall–Kier alpha value is 0.639. The Morgan fingerprint density at radius 1 is 0.783 bits per heavy atom. The first-order valence-electron chi connectivity index (χ1n) is 7.23. The average molecular weight is 508 g/mol. The Labute approximate surface area is 167 Å². The Balaban J connectivity index is 1.66. The number of allylic oxidation sites excluding steroid dienone is 2. The van der Waals surface area contributed by atoms with Gasteiger partial charge in [-0.1, -0.05) is 0 Å². The van der Waals surface area contributed by atoms with E-state index in [9.17, 15) is 0 Å². The van der Waals surface area contributed by atoms with Gasteiger partial charge in [-0.15, -0.1) is 0 Å². The fraction of sp³-hybridized carbons (Fsp3) is 0.467. The fourth-order valence-electron chi connectivity index (χ4n) is 2.14. The van der Waals surface area contributed by atoms with Crippen molar-refractivity contribution < 1.29 is 0 Å². The number of thioether (sulfide) groups is 4. The number of nitrogens with zero attached hydrogens (tertiary/aromatic N) is 2. The van der Waals surface area contributed by atoms with Gasteiger partial charge in [-0.3, -0.25) is 0 Å². The van der Waals surface area contributed by atoms with Crippen molar-refractivity contribution in [3.63, 3.8) is 0 Å². The summed E-state index contributed by atoms with van der Waals surface area (Å²) in [6.07, 6.45) is 5.20. The van der Waals surface area contributed by atoms with E-state index in [1.54, 1.807) is 9.81 Å². The quantitative estimate of drug-likeness (QED) is 0.341. The number of nitriles is 2. The van der Waals surface area contributed by atoms with E-state index in [4.69, 9.17) is 10.5 Å². The summed E-state index contributed by atoms with van der Waals surface area (Å²) >= 11 is 8.78. The van der Waals surface area contributed by atoms with Crippen LogP contribution in [0.1, 0.15) is 32.1 Å². The van der Waals surface area contributed by atoms with Gasteiger partial charge in [0.15, 0.2) is 0 Å². The van der Waals surface area contributed by atoms with Crippen molar-refractivity contribution in [2.75, 3.05) is 0 Å². The molecule has 2 aliphatic heterocycles. The summed E-state index contributed by atoms with van der Waals surface area (Å²) < 4.78 is 6.03. The summed E-state index contributed by atoms with van der Waals surface area (Å²) in [6.45, 7) is 0. The van der Waals surface area contributed by atoms with E-state index >= 15 is 0 Å². The summed E-state index contributed by atoms with van der Waals surface area (Å²) in [5.41, 5.74) is 0. The van der Waals surface area contributed by atoms with Crippen LogP contribution in [0.25, 0.3) is 0 Å². The molecular formula is C15H14N2S4Se2. The molecule has 120 valence electrons. The van der Waals surface area contributed by atoms with Crippen LogP contribution < -0.4 is 0 Å². The van der Waals surface area contributed by atoms with Crippen LogP contribution in [0, 0.1) is 22.7 Å². The average Bonchev–Trinajstić information content (AvgIpc) is 3.22. The molecule has 0 saturated carbocycles. The molecule has 0 fully saturated rings. The molecule has 0 N–H and O–H groups in total. The second-order valence-electron chi connectivity index (χ2n) is 4.77. The zero-order valence-electron chi connectivity index (χ0n) is 12.3. The van der Waals surface area contributed by atoms with Crippen molar-refractivity contribution in [3.05, 3.63) is 25.9 Å². The van der Waals surface area contributed by atoms with Crippen LogP contribution in [0.5, 0.6) is 0 Å². The van der Waals surface area contributed by atoms with Crippen molar-refractivity contribution in [1.29, 1.82) is 10.5 Å². The molecule has 0 aromatic heterocycles. The third-order valence-electron chi connectivity index (χ3n) is 3.15. The van der Waals surface area contributed by atoms with Gasteiger partial charge in [0.1, 0.15) is 0 Å². The van der Waals surface area contributed by atoms with Crippen LogP contribution in [0.3, 0.4) is 0 Å². The maximum absolute atomic E-state index is 8.77. The standard InChI is InChI=1S/C15H14N2S4Se2/c16-6-2-8-22-14-15(23-9-3-7-17)21-13(20-14)12-18-10-4-1-5-11(10)19-12/h1-5,8-9H2. The first-order chi connectivity index (χ1) is 11.3. The molecule has 0 aromatic carbocycles. The summed E-state index contributed by atoms with van der Waals surface area (Å²) in [5, 5.41) is 19.6. The molecule has 1 aliphatic carbocycles. The van der Waals surface area contributed by atoms with Gasteiger partial charge in [0, 0.05) is 0 Å². The Kier molecular flexibility index (Phi) is 7.51. The second-order valence-corrected chi connectivity index (χ2v) is 15.3. The van der Waals surface area contributed by atoms with Gasteiger partial charge in [-0.2, -0.15) is 0 Å². The number of hydrogen-bond donors (Lipinski definition) is 0. The van der Waals surface area contributed by atoms with Gasteiger partial charge in [0.05, 0.1) is 0 Å². The fourth-order valence-corrected chi connectivity index (χ4v) is 15.3. The molecule has 0 saturated heterocycles.